The van der Waals surface area contributed by atoms with E-state index in [1.807, 2.05) is 0 Å². The fraction of sp³-hybridized carbons (Fsp3) is 0. The van der Waals surface area contributed by atoms with Gasteiger partial charge in [0.1, 0.15) is 11.3 Å². The third-order valence-corrected chi connectivity index (χ3v) is 2.31. The lowest BCUT2D eigenvalue weighted by atomic mass is 10.3. The molecule has 17 heavy (non-hydrogen) atoms. The van der Waals surface area contributed by atoms with E-state index >= 15 is 0 Å². The van der Waals surface area contributed by atoms with Crippen LogP contribution in [0.4, 0.5) is 10.2 Å². The molecular weight excluding hydrogens is 223 g/mol. The maximum absolute atomic E-state index is 13.2. The molecule has 7 heteroatoms. The fourth-order valence-corrected chi connectivity index (χ4v) is 1.55. The van der Waals surface area contributed by atoms with E-state index in [-0.39, 0.29) is 11.6 Å². The third-order valence-electron chi connectivity index (χ3n) is 2.31. The zero-order valence-corrected chi connectivity index (χ0v) is 8.58. The highest BCUT2D eigenvalue weighted by Crippen LogP contribution is 2.18. The molecule has 0 spiro atoms. The van der Waals surface area contributed by atoms with Crippen LogP contribution in [-0.2, 0) is 0 Å². The smallest absolute Gasteiger partial charge is 0.198 e. The van der Waals surface area contributed by atoms with Crippen molar-refractivity contribution in [2.45, 2.75) is 0 Å². The van der Waals surface area contributed by atoms with Gasteiger partial charge in [-0.15, -0.1) is 5.10 Å². The van der Waals surface area contributed by atoms with E-state index in [4.69, 9.17) is 5.73 Å². The molecule has 3 aromatic rings. The van der Waals surface area contributed by atoms with E-state index in [9.17, 15) is 4.39 Å². The van der Waals surface area contributed by atoms with Gasteiger partial charge in [-0.25, -0.2) is 14.4 Å². The molecule has 0 aliphatic heterocycles. The van der Waals surface area contributed by atoms with Crippen LogP contribution in [0.2, 0.25) is 0 Å². The summed E-state index contributed by atoms with van der Waals surface area (Å²) in [5.41, 5.74) is 6.75. The van der Waals surface area contributed by atoms with E-state index in [1.54, 1.807) is 6.07 Å². The highest BCUT2D eigenvalue weighted by Gasteiger charge is 2.11. The Kier molecular flexibility index (Phi) is 1.97. The van der Waals surface area contributed by atoms with Crippen molar-refractivity contribution in [2.24, 2.45) is 0 Å². The summed E-state index contributed by atoms with van der Waals surface area (Å²) in [4.78, 5) is 7.95. The van der Waals surface area contributed by atoms with Gasteiger partial charge in [0.2, 0.25) is 0 Å². The molecule has 0 saturated heterocycles. The van der Waals surface area contributed by atoms with E-state index in [2.05, 4.69) is 20.3 Å². The predicted molar refractivity (Wildman–Crippen MR) is 58.8 cm³/mol. The largest absolute Gasteiger partial charge is 0.381 e. The molecule has 3 rings (SSSR count). The van der Waals surface area contributed by atoms with Gasteiger partial charge >= 0.3 is 0 Å². The molecule has 0 amide bonds. The van der Waals surface area contributed by atoms with Gasteiger partial charge in [0.15, 0.2) is 11.6 Å². The van der Waals surface area contributed by atoms with Crippen LogP contribution in [0.5, 0.6) is 0 Å². The summed E-state index contributed by atoms with van der Waals surface area (Å²) in [6.45, 7) is 0. The lowest BCUT2D eigenvalue weighted by Crippen LogP contribution is -2.05. The van der Waals surface area contributed by atoms with Crippen molar-refractivity contribution in [3.63, 3.8) is 0 Å². The summed E-state index contributed by atoms with van der Waals surface area (Å²) in [7, 11) is 0. The first-order valence-corrected chi connectivity index (χ1v) is 4.83. The van der Waals surface area contributed by atoms with Crippen LogP contribution in [-0.4, -0.2) is 25.0 Å². The number of halogens is 1. The van der Waals surface area contributed by atoms with Crippen LogP contribution in [0.15, 0.2) is 30.6 Å². The van der Waals surface area contributed by atoms with E-state index < -0.39 is 0 Å². The molecule has 0 radical (unpaired) electrons. The molecule has 2 N–H and O–H groups in total. The first-order chi connectivity index (χ1) is 8.25. The normalized spacial score (nSPS) is 10.9. The molecular formula is C10H7FN6. The van der Waals surface area contributed by atoms with Crippen molar-refractivity contribution < 1.29 is 4.39 Å². The number of fused-ring (bicyclic) bond motifs is 1. The lowest BCUT2D eigenvalue weighted by molar-refractivity contribution is 0.629. The topological polar surface area (TPSA) is 82.5 Å². The van der Waals surface area contributed by atoms with Crippen LogP contribution in [0.3, 0.4) is 0 Å². The predicted octanol–water partition coefficient (Wildman–Crippen LogP) is 0.932. The Morgan fingerprint density at radius 3 is 2.82 bits per heavy atom. The Hall–Kier alpha value is -2.57. The molecule has 0 aliphatic rings. The monoisotopic (exact) mass is 230 g/mol. The van der Waals surface area contributed by atoms with Crippen molar-refractivity contribution in [1.29, 1.82) is 0 Å². The molecule has 0 unspecified atom stereocenters. The van der Waals surface area contributed by atoms with Crippen LogP contribution in [0.25, 0.3) is 16.9 Å². The second kappa shape index (κ2) is 3.48. The Morgan fingerprint density at radius 1 is 1.18 bits per heavy atom. The minimum Gasteiger partial charge on any atom is -0.381 e. The molecule has 2 heterocycles. The third kappa shape index (κ3) is 1.48. The van der Waals surface area contributed by atoms with Crippen molar-refractivity contribution in [1.82, 2.24) is 25.0 Å². The van der Waals surface area contributed by atoms with Crippen molar-refractivity contribution in [2.75, 3.05) is 5.73 Å². The van der Waals surface area contributed by atoms with E-state index in [1.165, 1.54) is 29.2 Å². The molecule has 1 aromatic carbocycles. The van der Waals surface area contributed by atoms with Gasteiger partial charge < -0.3 is 5.73 Å². The van der Waals surface area contributed by atoms with Gasteiger partial charge in [-0.05, 0) is 12.1 Å². The molecule has 2 aromatic heterocycles. The number of hydrogen-bond acceptors (Lipinski definition) is 5. The van der Waals surface area contributed by atoms with Crippen molar-refractivity contribution in [3.05, 3.63) is 36.4 Å². The van der Waals surface area contributed by atoms with Crippen LogP contribution >= 0.6 is 0 Å². The number of anilines is 1. The minimum atomic E-state index is -0.372. The molecule has 0 saturated carbocycles. The maximum Gasteiger partial charge on any atom is 0.198 e. The lowest BCUT2D eigenvalue weighted by Gasteiger charge is -2.02. The number of nitrogens with zero attached hydrogens (tertiary/aromatic N) is 5. The summed E-state index contributed by atoms with van der Waals surface area (Å²) in [5.74, 6) is 0.174. The van der Waals surface area contributed by atoms with Gasteiger partial charge in [-0.1, -0.05) is 5.21 Å². The number of hydrogen-bond donors (Lipinski definition) is 1. The highest BCUT2D eigenvalue weighted by atomic mass is 19.1. The average Bonchev–Trinajstić information content (AvgIpc) is 2.72. The second-order valence-corrected chi connectivity index (χ2v) is 3.40. The molecule has 0 fully saturated rings. The molecule has 84 valence electrons. The Balaban J connectivity index is 2.31. The molecule has 0 aliphatic carbocycles. The van der Waals surface area contributed by atoms with Crippen LogP contribution in [0, 0.1) is 5.82 Å². The Bertz CT molecular complexity index is 692. The highest BCUT2D eigenvalue weighted by molar-refractivity contribution is 5.76. The van der Waals surface area contributed by atoms with Crippen LogP contribution < -0.4 is 5.73 Å². The fourth-order valence-electron chi connectivity index (χ4n) is 1.55. The summed E-state index contributed by atoms with van der Waals surface area (Å²) in [5, 5.41) is 7.79. The summed E-state index contributed by atoms with van der Waals surface area (Å²) < 4.78 is 14.5. The number of nitrogens with two attached hydrogens (primary N) is 1. The summed E-state index contributed by atoms with van der Waals surface area (Å²) in [6, 6.07) is 4.19. The standard InChI is InChI=1S/C10H7FN6/c11-6-1-2-7-8(5-6)17(16-15-7)10-9(12)13-3-4-14-10/h1-5H,(H2,12,13). The van der Waals surface area contributed by atoms with Crippen molar-refractivity contribution >= 4 is 16.9 Å². The van der Waals surface area contributed by atoms with Gasteiger partial charge in [0.05, 0.1) is 5.52 Å². The number of aromatic nitrogens is 5. The van der Waals surface area contributed by atoms with Gasteiger partial charge in [-0.3, -0.25) is 0 Å². The molecule has 0 atom stereocenters. The SMILES string of the molecule is Nc1nccnc1-n1nnc2ccc(F)cc21. The van der Waals surface area contributed by atoms with E-state index in [0.29, 0.717) is 16.9 Å². The number of nitrogen functional groups attached to an aromatic ring is 1. The Morgan fingerprint density at radius 2 is 2.00 bits per heavy atom. The number of rotatable bonds is 1. The van der Waals surface area contributed by atoms with Gasteiger partial charge in [0, 0.05) is 18.5 Å². The average molecular weight is 230 g/mol. The summed E-state index contributed by atoms with van der Waals surface area (Å²) >= 11 is 0. The van der Waals surface area contributed by atoms with Gasteiger partial charge in [0.25, 0.3) is 0 Å². The quantitative estimate of drug-likeness (QED) is 0.672. The second-order valence-electron chi connectivity index (χ2n) is 3.40. The first kappa shape index (κ1) is 9.64. The minimum absolute atomic E-state index is 0.212. The first-order valence-electron chi connectivity index (χ1n) is 4.83. The van der Waals surface area contributed by atoms with E-state index in [0.717, 1.165) is 0 Å². The van der Waals surface area contributed by atoms with Crippen LogP contribution in [0.1, 0.15) is 0 Å². The maximum atomic E-state index is 13.2. The zero-order chi connectivity index (χ0) is 11.8. The van der Waals surface area contributed by atoms with Crippen molar-refractivity contribution in [3.8, 4) is 5.82 Å². The van der Waals surface area contributed by atoms with Gasteiger partial charge in [-0.2, -0.15) is 4.68 Å². The summed E-state index contributed by atoms with van der Waals surface area (Å²) in [6.07, 6.45) is 2.96. The molecule has 0 bridgehead atoms. The Labute approximate surface area is 94.9 Å². The zero-order valence-electron chi connectivity index (χ0n) is 8.58. The number of benzene rings is 1. The molecule has 6 nitrogen and oxygen atoms in total.